The molecular formula is C17H22N2. The molecule has 0 aliphatic carbocycles. The average Bonchev–Trinajstić information content (AvgIpc) is 2.36. The van der Waals surface area contributed by atoms with E-state index in [-0.39, 0.29) is 5.92 Å². The Balaban J connectivity index is 3.67. The number of hydrogen-bond acceptors (Lipinski definition) is 2. The molecule has 0 aliphatic rings. The van der Waals surface area contributed by atoms with Crippen LogP contribution in [0.2, 0.25) is 0 Å². The highest BCUT2D eigenvalue weighted by Crippen LogP contribution is 2.34. The summed E-state index contributed by atoms with van der Waals surface area (Å²) in [5.41, 5.74) is 3.39. The Labute approximate surface area is 116 Å². The molecule has 1 rings (SSSR count). The lowest BCUT2D eigenvalue weighted by Gasteiger charge is -2.25. The first-order valence-electron chi connectivity index (χ1n) is 6.74. The van der Waals surface area contributed by atoms with Gasteiger partial charge in [0, 0.05) is 0 Å². The zero-order valence-electron chi connectivity index (χ0n) is 12.7. The van der Waals surface area contributed by atoms with Crippen LogP contribution in [0.4, 0.5) is 0 Å². The van der Waals surface area contributed by atoms with Gasteiger partial charge in [-0.05, 0) is 48.4 Å². The van der Waals surface area contributed by atoms with Gasteiger partial charge in [-0.25, -0.2) is 0 Å². The molecule has 0 heterocycles. The van der Waals surface area contributed by atoms with E-state index in [0.717, 1.165) is 22.3 Å². The molecule has 0 bridgehead atoms. The molecule has 100 valence electrons. The molecule has 19 heavy (non-hydrogen) atoms. The van der Waals surface area contributed by atoms with Crippen LogP contribution in [0.5, 0.6) is 0 Å². The molecule has 1 aromatic rings. The van der Waals surface area contributed by atoms with Crippen molar-refractivity contribution < 1.29 is 0 Å². The van der Waals surface area contributed by atoms with Gasteiger partial charge in [0.1, 0.15) is 0 Å². The van der Waals surface area contributed by atoms with Crippen LogP contribution in [0.3, 0.4) is 0 Å². The van der Waals surface area contributed by atoms with Gasteiger partial charge >= 0.3 is 0 Å². The molecule has 1 aromatic carbocycles. The first-order chi connectivity index (χ1) is 8.74. The summed E-state index contributed by atoms with van der Waals surface area (Å²) in [5, 5.41) is 18.7. The zero-order valence-corrected chi connectivity index (χ0v) is 12.7. The largest absolute Gasteiger partial charge is 0.197 e. The van der Waals surface area contributed by atoms with E-state index < -0.39 is 5.41 Å². The lowest BCUT2D eigenvalue weighted by molar-refractivity contribution is 0.660. The Morgan fingerprint density at radius 3 is 1.84 bits per heavy atom. The van der Waals surface area contributed by atoms with E-state index in [2.05, 4.69) is 45.9 Å². The van der Waals surface area contributed by atoms with Crippen molar-refractivity contribution >= 4 is 0 Å². The minimum absolute atomic E-state index is 0.282. The SMILES string of the molecule is CC(C)c1cc(C(C)(C)C#N)c(C(C)C)cc1C#N. The fourth-order valence-corrected chi connectivity index (χ4v) is 2.29. The molecule has 0 aliphatic heterocycles. The van der Waals surface area contributed by atoms with Crippen LogP contribution in [-0.4, -0.2) is 0 Å². The second-order valence-electron chi connectivity index (χ2n) is 6.18. The third kappa shape index (κ3) is 2.96. The third-order valence-electron chi connectivity index (χ3n) is 3.54. The fraction of sp³-hybridized carbons (Fsp3) is 0.529. The summed E-state index contributed by atoms with van der Waals surface area (Å²) in [6.07, 6.45) is 0. The molecule has 0 fully saturated rings. The van der Waals surface area contributed by atoms with Gasteiger partial charge < -0.3 is 0 Å². The van der Waals surface area contributed by atoms with Gasteiger partial charge in [-0.2, -0.15) is 10.5 Å². The zero-order chi connectivity index (χ0) is 14.8. The highest BCUT2D eigenvalue weighted by molar-refractivity contribution is 5.50. The first kappa shape index (κ1) is 15.3. The Kier molecular flexibility index (Phi) is 4.38. The second-order valence-corrected chi connectivity index (χ2v) is 6.18. The molecule has 0 unspecified atom stereocenters. The third-order valence-corrected chi connectivity index (χ3v) is 3.54. The molecule has 0 aromatic heterocycles. The fourth-order valence-electron chi connectivity index (χ4n) is 2.29. The van der Waals surface area contributed by atoms with Gasteiger partial charge in [0.2, 0.25) is 0 Å². The van der Waals surface area contributed by atoms with Crippen molar-refractivity contribution in [1.82, 2.24) is 0 Å². The lowest BCUT2D eigenvalue weighted by Crippen LogP contribution is -2.18. The van der Waals surface area contributed by atoms with Crippen molar-refractivity contribution in [2.24, 2.45) is 0 Å². The summed E-state index contributed by atoms with van der Waals surface area (Å²) >= 11 is 0. The normalized spacial score (nSPS) is 11.5. The number of nitriles is 2. The van der Waals surface area contributed by atoms with E-state index in [4.69, 9.17) is 0 Å². The monoisotopic (exact) mass is 254 g/mol. The van der Waals surface area contributed by atoms with Crippen LogP contribution in [-0.2, 0) is 5.41 Å². The van der Waals surface area contributed by atoms with Gasteiger partial charge in [0.15, 0.2) is 0 Å². The summed E-state index contributed by atoms with van der Waals surface area (Å²) in [5.74, 6) is 0.583. The summed E-state index contributed by atoms with van der Waals surface area (Å²) in [6, 6.07) is 8.68. The van der Waals surface area contributed by atoms with Crippen molar-refractivity contribution in [2.45, 2.75) is 58.8 Å². The second kappa shape index (κ2) is 5.45. The van der Waals surface area contributed by atoms with Crippen LogP contribution in [0.25, 0.3) is 0 Å². The van der Waals surface area contributed by atoms with Gasteiger partial charge in [0.05, 0.1) is 23.1 Å². The van der Waals surface area contributed by atoms with Crippen LogP contribution in [0.15, 0.2) is 12.1 Å². The topological polar surface area (TPSA) is 47.6 Å². The molecule has 0 radical (unpaired) electrons. The molecule has 2 heteroatoms. The molecule has 2 nitrogen and oxygen atoms in total. The van der Waals surface area contributed by atoms with Gasteiger partial charge in [-0.15, -0.1) is 0 Å². The standard InChI is InChI=1S/C17H22N2/c1-11(2)14-8-16(17(5,6)10-19)15(12(3)4)7-13(14)9-18/h7-8,11-12H,1-6H3. The summed E-state index contributed by atoms with van der Waals surface area (Å²) < 4.78 is 0. The van der Waals surface area contributed by atoms with Crippen LogP contribution >= 0.6 is 0 Å². The van der Waals surface area contributed by atoms with E-state index in [9.17, 15) is 10.5 Å². The van der Waals surface area contributed by atoms with Crippen LogP contribution in [0.1, 0.15) is 75.6 Å². The maximum absolute atomic E-state index is 9.39. The highest BCUT2D eigenvalue weighted by atomic mass is 14.4. The minimum Gasteiger partial charge on any atom is -0.197 e. The molecule has 0 saturated heterocycles. The summed E-state index contributed by atoms with van der Waals surface area (Å²) in [6.45, 7) is 12.2. The van der Waals surface area contributed by atoms with E-state index in [1.807, 2.05) is 19.9 Å². The van der Waals surface area contributed by atoms with E-state index in [0.29, 0.717) is 5.92 Å². The highest BCUT2D eigenvalue weighted by Gasteiger charge is 2.26. The number of hydrogen-bond donors (Lipinski definition) is 0. The van der Waals surface area contributed by atoms with Crippen molar-refractivity contribution in [3.63, 3.8) is 0 Å². The number of benzene rings is 1. The summed E-state index contributed by atoms with van der Waals surface area (Å²) in [7, 11) is 0. The van der Waals surface area contributed by atoms with Crippen molar-refractivity contribution in [3.8, 4) is 12.1 Å². The molecule has 0 saturated carbocycles. The van der Waals surface area contributed by atoms with Crippen LogP contribution < -0.4 is 0 Å². The molecular weight excluding hydrogens is 232 g/mol. The number of rotatable bonds is 3. The first-order valence-corrected chi connectivity index (χ1v) is 6.74. The van der Waals surface area contributed by atoms with Gasteiger partial charge in [-0.3, -0.25) is 0 Å². The Bertz CT molecular complexity index is 552. The molecule has 0 amide bonds. The van der Waals surface area contributed by atoms with Gasteiger partial charge in [-0.1, -0.05) is 33.8 Å². The smallest absolute Gasteiger partial charge is 0.0994 e. The maximum atomic E-state index is 9.39. The van der Waals surface area contributed by atoms with E-state index in [1.54, 1.807) is 0 Å². The van der Waals surface area contributed by atoms with Crippen molar-refractivity contribution in [3.05, 3.63) is 34.4 Å². The maximum Gasteiger partial charge on any atom is 0.0994 e. The van der Waals surface area contributed by atoms with Crippen molar-refractivity contribution in [1.29, 1.82) is 10.5 Å². The Morgan fingerprint density at radius 1 is 0.947 bits per heavy atom. The van der Waals surface area contributed by atoms with Crippen LogP contribution in [0, 0.1) is 22.7 Å². The predicted molar refractivity (Wildman–Crippen MR) is 78.0 cm³/mol. The Morgan fingerprint density at radius 2 is 1.47 bits per heavy atom. The minimum atomic E-state index is -0.531. The molecule has 0 spiro atoms. The molecule has 0 atom stereocenters. The van der Waals surface area contributed by atoms with Crippen molar-refractivity contribution in [2.75, 3.05) is 0 Å². The van der Waals surface area contributed by atoms with E-state index in [1.165, 1.54) is 0 Å². The predicted octanol–water partition coefficient (Wildman–Crippen LogP) is 4.61. The Hall–Kier alpha value is -1.80. The molecule has 0 N–H and O–H groups in total. The number of nitrogens with zero attached hydrogens (tertiary/aromatic N) is 2. The van der Waals surface area contributed by atoms with Gasteiger partial charge in [0.25, 0.3) is 0 Å². The summed E-state index contributed by atoms with van der Waals surface area (Å²) in [4.78, 5) is 0. The van der Waals surface area contributed by atoms with E-state index >= 15 is 0 Å². The quantitative estimate of drug-likeness (QED) is 0.791. The average molecular weight is 254 g/mol. The lowest BCUT2D eigenvalue weighted by atomic mass is 9.77.